The number of hydrogen-bond acceptors (Lipinski definition) is 5. The van der Waals surface area contributed by atoms with Gasteiger partial charge in [-0.1, -0.05) is 5.16 Å². The number of carbonyl (C=O) groups is 1. The van der Waals surface area contributed by atoms with E-state index in [4.69, 9.17) is 14.4 Å². The summed E-state index contributed by atoms with van der Waals surface area (Å²) in [5.41, 5.74) is 1.43. The fraction of sp³-hybridized carbons (Fsp3) is 0.733. The van der Waals surface area contributed by atoms with Gasteiger partial charge in [-0.25, -0.2) is 4.79 Å². The van der Waals surface area contributed by atoms with E-state index in [9.17, 15) is 4.79 Å². The van der Waals surface area contributed by atoms with Crippen LogP contribution in [0.1, 0.15) is 43.7 Å². The molecule has 1 amide bonds. The first-order valence-corrected chi connectivity index (χ1v) is 7.35. The zero-order valence-electron chi connectivity index (χ0n) is 12.9. The van der Waals surface area contributed by atoms with Crippen molar-refractivity contribution in [2.75, 3.05) is 13.1 Å². The van der Waals surface area contributed by atoms with Crippen molar-refractivity contribution >= 4 is 6.09 Å². The van der Waals surface area contributed by atoms with Crippen molar-refractivity contribution in [3.8, 4) is 0 Å². The fourth-order valence-corrected chi connectivity index (χ4v) is 3.25. The number of carbonyl (C=O) groups excluding carboxylic acids is 1. The number of aliphatic hydroxyl groups is 1. The second kappa shape index (κ2) is 4.73. The standard InChI is InChI=1S/C15H22N2O4/c1-8-11(7-18)21-16-13(8)12-9-5-17(6-10(9)12)14(19)20-15(2,3)4/h9-10,12,18H,5-7H2,1-4H3. The van der Waals surface area contributed by atoms with E-state index in [2.05, 4.69) is 5.16 Å². The van der Waals surface area contributed by atoms with E-state index >= 15 is 0 Å². The number of ether oxygens (including phenoxy) is 1. The van der Waals surface area contributed by atoms with Gasteiger partial charge in [0.25, 0.3) is 0 Å². The maximum atomic E-state index is 12.0. The summed E-state index contributed by atoms with van der Waals surface area (Å²) in [6.07, 6.45) is -0.235. The summed E-state index contributed by atoms with van der Waals surface area (Å²) in [5, 5.41) is 13.2. The zero-order chi connectivity index (χ0) is 15.4. The Morgan fingerprint density at radius 3 is 2.52 bits per heavy atom. The number of amides is 1. The molecule has 2 fully saturated rings. The number of fused-ring (bicyclic) bond motifs is 1. The molecule has 3 rings (SSSR count). The average Bonchev–Trinajstić information content (AvgIpc) is 2.75. The molecule has 2 atom stereocenters. The van der Waals surface area contributed by atoms with Gasteiger partial charge < -0.3 is 19.3 Å². The molecule has 0 bridgehead atoms. The molecule has 1 aromatic rings. The van der Waals surface area contributed by atoms with Crippen molar-refractivity contribution in [3.05, 3.63) is 17.0 Å². The highest BCUT2D eigenvalue weighted by Crippen LogP contribution is 2.58. The molecule has 1 aromatic heterocycles. The maximum Gasteiger partial charge on any atom is 0.410 e. The highest BCUT2D eigenvalue weighted by atomic mass is 16.6. The summed E-state index contributed by atoms with van der Waals surface area (Å²) in [4.78, 5) is 13.8. The number of nitrogens with zero attached hydrogens (tertiary/aromatic N) is 2. The lowest BCUT2D eigenvalue weighted by Gasteiger charge is -2.25. The number of aromatic nitrogens is 1. The molecule has 6 heteroatoms. The first-order chi connectivity index (χ1) is 9.81. The molecule has 1 saturated carbocycles. The van der Waals surface area contributed by atoms with E-state index in [0.717, 1.165) is 11.3 Å². The van der Waals surface area contributed by atoms with Crippen LogP contribution < -0.4 is 0 Å². The van der Waals surface area contributed by atoms with Crippen LogP contribution in [0.25, 0.3) is 0 Å². The fourth-order valence-electron chi connectivity index (χ4n) is 3.25. The molecular weight excluding hydrogens is 272 g/mol. The van der Waals surface area contributed by atoms with Crippen LogP contribution in [0.15, 0.2) is 4.52 Å². The van der Waals surface area contributed by atoms with E-state index < -0.39 is 5.60 Å². The van der Waals surface area contributed by atoms with Gasteiger partial charge in [0.2, 0.25) is 0 Å². The van der Waals surface area contributed by atoms with Gasteiger partial charge >= 0.3 is 6.09 Å². The molecule has 6 nitrogen and oxygen atoms in total. The minimum atomic E-state index is -0.456. The van der Waals surface area contributed by atoms with E-state index in [0.29, 0.717) is 36.6 Å². The summed E-state index contributed by atoms with van der Waals surface area (Å²) in [7, 11) is 0. The first kappa shape index (κ1) is 14.4. The molecule has 2 heterocycles. The summed E-state index contributed by atoms with van der Waals surface area (Å²) in [6, 6.07) is 0. The molecule has 2 aliphatic rings. The van der Waals surface area contributed by atoms with Crippen LogP contribution in [0.4, 0.5) is 4.79 Å². The molecule has 2 unspecified atom stereocenters. The summed E-state index contributed by atoms with van der Waals surface area (Å²) < 4.78 is 10.5. The molecular formula is C15H22N2O4. The van der Waals surface area contributed by atoms with E-state index in [1.807, 2.05) is 27.7 Å². The van der Waals surface area contributed by atoms with Gasteiger partial charge in [0.05, 0.1) is 5.69 Å². The lowest BCUT2D eigenvalue weighted by atomic mass is 10.1. The van der Waals surface area contributed by atoms with Crippen LogP contribution in [-0.2, 0) is 11.3 Å². The van der Waals surface area contributed by atoms with Crippen LogP contribution in [0, 0.1) is 18.8 Å². The zero-order valence-corrected chi connectivity index (χ0v) is 12.9. The lowest BCUT2D eigenvalue weighted by molar-refractivity contribution is 0.0270. The molecule has 1 aliphatic carbocycles. The van der Waals surface area contributed by atoms with Gasteiger partial charge in [0.15, 0.2) is 5.76 Å². The third-order valence-electron chi connectivity index (χ3n) is 4.36. The number of rotatable bonds is 2. The van der Waals surface area contributed by atoms with Crippen LogP contribution >= 0.6 is 0 Å². The van der Waals surface area contributed by atoms with Crippen molar-refractivity contribution in [1.29, 1.82) is 0 Å². The van der Waals surface area contributed by atoms with Gasteiger partial charge in [0.1, 0.15) is 12.2 Å². The lowest BCUT2D eigenvalue weighted by Crippen LogP contribution is -2.36. The Morgan fingerprint density at radius 2 is 2.05 bits per heavy atom. The van der Waals surface area contributed by atoms with Crippen LogP contribution in [0.2, 0.25) is 0 Å². The summed E-state index contributed by atoms with van der Waals surface area (Å²) >= 11 is 0. The van der Waals surface area contributed by atoms with Gasteiger partial charge in [0, 0.05) is 24.6 Å². The predicted octanol–water partition coefficient (Wildman–Crippen LogP) is 2.06. The molecule has 116 valence electrons. The Hall–Kier alpha value is -1.56. The second-order valence-corrected chi connectivity index (χ2v) is 7.01. The number of likely N-dealkylation sites (tertiary alicyclic amines) is 1. The summed E-state index contributed by atoms with van der Waals surface area (Å²) in [5.74, 6) is 1.77. The molecule has 0 spiro atoms. The normalized spacial score (nSPS) is 27.7. The third kappa shape index (κ3) is 2.52. The third-order valence-corrected chi connectivity index (χ3v) is 4.36. The van der Waals surface area contributed by atoms with Gasteiger partial charge in [-0.3, -0.25) is 0 Å². The number of aliphatic hydroxyl groups excluding tert-OH is 1. The second-order valence-electron chi connectivity index (χ2n) is 7.01. The average molecular weight is 294 g/mol. The largest absolute Gasteiger partial charge is 0.444 e. The topological polar surface area (TPSA) is 75.8 Å². The Labute approximate surface area is 124 Å². The minimum Gasteiger partial charge on any atom is -0.444 e. The molecule has 21 heavy (non-hydrogen) atoms. The molecule has 1 N–H and O–H groups in total. The molecule has 1 saturated heterocycles. The van der Waals surface area contributed by atoms with Crippen LogP contribution in [0.5, 0.6) is 0 Å². The predicted molar refractivity (Wildman–Crippen MR) is 74.7 cm³/mol. The van der Waals surface area contributed by atoms with Crippen molar-refractivity contribution in [3.63, 3.8) is 0 Å². The highest BCUT2D eigenvalue weighted by Gasteiger charge is 2.59. The van der Waals surface area contributed by atoms with Gasteiger partial charge in [-0.05, 0) is 39.5 Å². The molecule has 1 aliphatic heterocycles. The molecule has 0 aromatic carbocycles. The van der Waals surface area contributed by atoms with Crippen molar-refractivity contribution < 1.29 is 19.2 Å². The Bertz CT molecular complexity index is 549. The van der Waals surface area contributed by atoms with Crippen molar-refractivity contribution in [1.82, 2.24) is 10.1 Å². The number of piperidine rings is 1. The van der Waals surface area contributed by atoms with Crippen molar-refractivity contribution in [2.45, 2.75) is 45.8 Å². The van der Waals surface area contributed by atoms with Crippen LogP contribution in [-0.4, -0.2) is 39.9 Å². The quantitative estimate of drug-likeness (QED) is 0.903. The maximum absolute atomic E-state index is 12.0. The smallest absolute Gasteiger partial charge is 0.410 e. The minimum absolute atomic E-state index is 0.120. The monoisotopic (exact) mass is 294 g/mol. The highest BCUT2D eigenvalue weighted by molar-refractivity contribution is 5.69. The Kier molecular flexibility index (Phi) is 3.24. The van der Waals surface area contributed by atoms with Crippen LogP contribution in [0.3, 0.4) is 0 Å². The summed E-state index contributed by atoms with van der Waals surface area (Å²) in [6.45, 7) is 8.86. The van der Waals surface area contributed by atoms with E-state index in [1.54, 1.807) is 4.90 Å². The Balaban J connectivity index is 1.61. The first-order valence-electron chi connectivity index (χ1n) is 7.35. The van der Waals surface area contributed by atoms with E-state index in [-0.39, 0.29) is 12.7 Å². The van der Waals surface area contributed by atoms with Gasteiger partial charge in [-0.15, -0.1) is 0 Å². The SMILES string of the molecule is Cc1c(C2C3CN(C(=O)OC(C)(C)C)CC32)noc1CO. The van der Waals surface area contributed by atoms with Gasteiger partial charge in [-0.2, -0.15) is 0 Å². The number of hydrogen-bond donors (Lipinski definition) is 1. The van der Waals surface area contributed by atoms with E-state index in [1.165, 1.54) is 0 Å². The van der Waals surface area contributed by atoms with Crippen molar-refractivity contribution in [2.24, 2.45) is 11.8 Å². The Morgan fingerprint density at radius 1 is 1.43 bits per heavy atom. The molecule has 0 radical (unpaired) electrons.